The molecule has 0 spiro atoms. The first-order valence-corrected chi connectivity index (χ1v) is 10.7. The molecule has 10 heteroatoms. The molecule has 0 radical (unpaired) electrons. The van der Waals surface area contributed by atoms with Gasteiger partial charge in [0.2, 0.25) is 0 Å². The van der Waals surface area contributed by atoms with Crippen LogP contribution in [0.5, 0.6) is 5.75 Å². The monoisotopic (exact) mass is 427 g/mol. The number of nitrogens with zero attached hydrogens (tertiary/aromatic N) is 3. The summed E-state index contributed by atoms with van der Waals surface area (Å²) in [5.74, 6) is -0.648. The third kappa shape index (κ3) is 3.73. The molecule has 1 atom stereocenters. The van der Waals surface area contributed by atoms with E-state index in [0.29, 0.717) is 0 Å². The molecule has 1 aliphatic heterocycles. The summed E-state index contributed by atoms with van der Waals surface area (Å²) in [5, 5.41) is 16.5. The van der Waals surface area contributed by atoms with Gasteiger partial charge in [-0.3, -0.25) is 4.79 Å². The van der Waals surface area contributed by atoms with Gasteiger partial charge in [-0.05, 0) is 36.1 Å². The van der Waals surface area contributed by atoms with E-state index < -0.39 is 10.2 Å². The van der Waals surface area contributed by atoms with E-state index >= 15 is 0 Å². The number of aryl methyl sites for hydroxylation is 1. The third-order valence-corrected chi connectivity index (χ3v) is 5.83. The van der Waals surface area contributed by atoms with Crippen LogP contribution in [0, 0.1) is 0 Å². The number of amidine groups is 2. The van der Waals surface area contributed by atoms with Crippen molar-refractivity contribution in [3.63, 3.8) is 0 Å². The number of carbonyl (C=O) groups excluding carboxylic acids is 1. The Morgan fingerprint density at radius 3 is 2.60 bits per heavy atom. The number of phenolic OH excluding ortho intramolecular Hbond substituents is 1. The Bertz CT molecular complexity index is 1190. The van der Waals surface area contributed by atoms with Crippen molar-refractivity contribution in [2.75, 3.05) is 19.4 Å². The van der Waals surface area contributed by atoms with E-state index in [-0.39, 0.29) is 40.6 Å². The number of para-hydroxylation sites is 1. The first kappa shape index (κ1) is 19.9. The number of fused-ring (bicyclic) bond motifs is 1. The summed E-state index contributed by atoms with van der Waals surface area (Å²) < 4.78 is 31.4. The number of anilines is 1. The second-order valence-corrected chi connectivity index (χ2v) is 8.55. The summed E-state index contributed by atoms with van der Waals surface area (Å²) in [6.07, 6.45) is 1.67. The number of benzene rings is 2. The topological polar surface area (TPSA) is 123 Å². The van der Waals surface area contributed by atoms with E-state index in [0.717, 1.165) is 18.4 Å². The largest absolute Gasteiger partial charge is 0.505 e. The van der Waals surface area contributed by atoms with Crippen LogP contribution in [0.25, 0.3) is 0 Å². The summed E-state index contributed by atoms with van der Waals surface area (Å²) in [5.41, 5.74) is 2.53. The van der Waals surface area contributed by atoms with Gasteiger partial charge in [-0.25, -0.2) is 0 Å². The highest BCUT2D eigenvalue weighted by molar-refractivity contribution is 7.89. The minimum atomic E-state index is -4.04. The second-order valence-electron chi connectivity index (χ2n) is 7.29. The number of hydrogen-bond donors (Lipinski definition) is 3. The van der Waals surface area contributed by atoms with Gasteiger partial charge in [-0.2, -0.15) is 8.42 Å². The lowest BCUT2D eigenvalue weighted by atomic mass is 10.1. The molecule has 0 bridgehead atoms. The number of phenols is 1. The molecular weight excluding hydrogens is 406 g/mol. The Labute approximate surface area is 174 Å². The lowest BCUT2D eigenvalue weighted by molar-refractivity contribution is 0.0824. The molecule has 2 aromatic rings. The summed E-state index contributed by atoms with van der Waals surface area (Å²) in [6.45, 7) is 0. The normalized spacial score (nSPS) is 18.9. The number of amides is 1. The summed E-state index contributed by atoms with van der Waals surface area (Å²) in [6, 6.07) is 12.4. The van der Waals surface area contributed by atoms with Gasteiger partial charge in [0.1, 0.15) is 0 Å². The molecule has 156 valence electrons. The summed E-state index contributed by atoms with van der Waals surface area (Å²) >= 11 is 0. The molecule has 0 saturated carbocycles. The van der Waals surface area contributed by atoms with Crippen LogP contribution >= 0.6 is 0 Å². The highest BCUT2D eigenvalue weighted by Gasteiger charge is 2.30. The molecule has 1 heterocycles. The van der Waals surface area contributed by atoms with Gasteiger partial charge in [-0.15, -0.1) is 8.80 Å². The Kier molecular flexibility index (Phi) is 4.94. The minimum Gasteiger partial charge on any atom is -0.505 e. The molecule has 0 fully saturated rings. The van der Waals surface area contributed by atoms with Crippen LogP contribution in [-0.2, 0) is 16.6 Å². The Hall–Kier alpha value is -3.40. The molecule has 30 heavy (non-hydrogen) atoms. The van der Waals surface area contributed by atoms with Gasteiger partial charge >= 0.3 is 10.2 Å². The number of rotatable bonds is 3. The van der Waals surface area contributed by atoms with E-state index in [2.05, 4.69) is 19.4 Å². The van der Waals surface area contributed by atoms with Crippen molar-refractivity contribution in [1.29, 1.82) is 0 Å². The van der Waals surface area contributed by atoms with Gasteiger partial charge in [0.15, 0.2) is 17.4 Å². The Balaban J connectivity index is 1.61. The minimum absolute atomic E-state index is 0.0378. The van der Waals surface area contributed by atoms with Gasteiger partial charge in [0.25, 0.3) is 5.91 Å². The van der Waals surface area contributed by atoms with Crippen LogP contribution in [0.3, 0.4) is 0 Å². The van der Waals surface area contributed by atoms with Crippen molar-refractivity contribution >= 4 is 33.5 Å². The molecule has 9 nitrogen and oxygen atoms in total. The molecule has 1 unspecified atom stereocenters. The van der Waals surface area contributed by atoms with E-state index in [9.17, 15) is 18.3 Å². The molecule has 1 aliphatic carbocycles. The molecule has 0 aromatic heterocycles. The van der Waals surface area contributed by atoms with Crippen molar-refractivity contribution in [2.45, 2.75) is 18.9 Å². The van der Waals surface area contributed by atoms with E-state index in [1.165, 1.54) is 22.6 Å². The van der Waals surface area contributed by atoms with Crippen molar-refractivity contribution in [2.24, 2.45) is 8.80 Å². The zero-order chi connectivity index (χ0) is 21.5. The summed E-state index contributed by atoms with van der Waals surface area (Å²) in [4.78, 5) is 13.6. The van der Waals surface area contributed by atoms with Gasteiger partial charge < -0.3 is 20.6 Å². The molecular formula is C20H21N5O4S. The summed E-state index contributed by atoms with van der Waals surface area (Å²) in [7, 11) is -0.896. The van der Waals surface area contributed by atoms with Crippen molar-refractivity contribution in [3.8, 4) is 5.75 Å². The first-order chi connectivity index (χ1) is 14.2. The zero-order valence-corrected chi connectivity index (χ0v) is 17.3. The standard InChI is InChI=1S/C20H21N5O4S/c1-25(2)20(27)14-8-5-9-16(17(14)26)22-19-18(23-30(28,29)24-19)21-15-11-10-12-6-3-4-7-13(12)15/h3-9,15,26H,10-11H2,1-2H3,(H,21,23)(H,22,24). The highest BCUT2D eigenvalue weighted by Crippen LogP contribution is 2.32. The van der Waals surface area contributed by atoms with Crippen LogP contribution in [0.1, 0.15) is 33.9 Å². The molecule has 3 N–H and O–H groups in total. The van der Waals surface area contributed by atoms with E-state index in [4.69, 9.17) is 0 Å². The molecule has 2 aliphatic rings. The number of hydrogen-bond acceptors (Lipinski definition) is 6. The fraction of sp³-hybridized carbons (Fsp3) is 0.250. The smallest absolute Gasteiger partial charge is 0.367 e. The lowest BCUT2D eigenvalue weighted by Gasteiger charge is -2.18. The molecule has 1 amide bonds. The highest BCUT2D eigenvalue weighted by atomic mass is 32.2. The quantitative estimate of drug-likeness (QED) is 0.642. The number of nitrogens with one attached hydrogen (secondary N) is 2. The predicted molar refractivity (Wildman–Crippen MR) is 114 cm³/mol. The zero-order valence-electron chi connectivity index (χ0n) is 16.5. The van der Waals surface area contributed by atoms with Crippen LogP contribution in [0.4, 0.5) is 5.69 Å². The van der Waals surface area contributed by atoms with Crippen molar-refractivity contribution in [3.05, 3.63) is 59.2 Å². The maximum Gasteiger partial charge on any atom is 0.367 e. The average molecular weight is 427 g/mol. The van der Waals surface area contributed by atoms with Gasteiger partial charge in [0, 0.05) is 14.1 Å². The van der Waals surface area contributed by atoms with Crippen LogP contribution in [0.2, 0.25) is 0 Å². The lowest BCUT2D eigenvalue weighted by Crippen LogP contribution is -2.36. The Morgan fingerprint density at radius 2 is 1.83 bits per heavy atom. The van der Waals surface area contributed by atoms with Crippen molar-refractivity contribution in [1.82, 2.24) is 10.2 Å². The van der Waals surface area contributed by atoms with Crippen LogP contribution in [0.15, 0.2) is 51.3 Å². The van der Waals surface area contributed by atoms with E-state index in [1.807, 2.05) is 24.3 Å². The van der Waals surface area contributed by atoms with Crippen LogP contribution < -0.4 is 10.6 Å². The molecule has 2 aromatic carbocycles. The maximum atomic E-state index is 12.2. The fourth-order valence-corrected chi connectivity index (χ4v) is 4.35. The van der Waals surface area contributed by atoms with Crippen LogP contribution in [-0.4, -0.2) is 50.1 Å². The van der Waals surface area contributed by atoms with E-state index in [1.54, 1.807) is 20.2 Å². The third-order valence-electron chi connectivity index (χ3n) is 5.01. The fourth-order valence-electron chi connectivity index (χ4n) is 3.57. The molecule has 0 saturated heterocycles. The first-order valence-electron chi connectivity index (χ1n) is 9.35. The van der Waals surface area contributed by atoms with Gasteiger partial charge in [0.05, 0.1) is 17.3 Å². The maximum absolute atomic E-state index is 12.2. The average Bonchev–Trinajstić information content (AvgIpc) is 3.23. The van der Waals surface area contributed by atoms with Crippen molar-refractivity contribution < 1.29 is 18.3 Å². The molecule has 4 rings (SSSR count). The predicted octanol–water partition coefficient (Wildman–Crippen LogP) is 1.84. The van der Waals surface area contributed by atoms with Gasteiger partial charge in [-0.1, -0.05) is 30.3 Å². The number of aromatic hydroxyl groups is 1. The second kappa shape index (κ2) is 7.45. The Morgan fingerprint density at radius 1 is 1.10 bits per heavy atom. The SMILES string of the molecule is CN(C)C(=O)c1cccc(NC2=NS(=O)(=O)N=C2NC2CCc3ccccc32)c1O. The number of carbonyl (C=O) groups is 1.